The van der Waals surface area contributed by atoms with Crippen molar-refractivity contribution < 1.29 is 14.1 Å². The van der Waals surface area contributed by atoms with Crippen LogP contribution in [0.4, 0.5) is 0 Å². The third-order valence-corrected chi connectivity index (χ3v) is 4.21. The minimum absolute atomic E-state index is 0.182. The smallest absolute Gasteiger partial charge is 0.273 e. The Bertz CT molecular complexity index is 1050. The number of ether oxygens (including phenoxy) is 1. The summed E-state index contributed by atoms with van der Waals surface area (Å²) < 4.78 is 12.9. The third kappa shape index (κ3) is 4.17. The first-order valence-electron chi connectivity index (χ1n) is 8.96. The summed E-state index contributed by atoms with van der Waals surface area (Å²) >= 11 is 0. The zero-order valence-corrected chi connectivity index (χ0v) is 15.1. The number of aryl methyl sites for hydroxylation is 1. The maximum Gasteiger partial charge on any atom is 0.273 e. The van der Waals surface area contributed by atoms with Gasteiger partial charge in [0.1, 0.15) is 12.4 Å². The molecule has 28 heavy (non-hydrogen) atoms. The van der Waals surface area contributed by atoms with E-state index in [1.54, 1.807) is 24.7 Å². The maximum absolute atomic E-state index is 12.2. The molecule has 0 fully saturated rings. The van der Waals surface area contributed by atoms with Crippen molar-refractivity contribution in [1.29, 1.82) is 0 Å². The largest absolute Gasteiger partial charge is 0.485 e. The number of pyridine rings is 1. The molecule has 0 aliphatic rings. The van der Waals surface area contributed by atoms with Gasteiger partial charge in [-0.3, -0.25) is 14.5 Å². The monoisotopic (exact) mass is 377 g/mol. The first-order valence-corrected chi connectivity index (χ1v) is 8.96. The van der Waals surface area contributed by atoms with Crippen molar-refractivity contribution in [3.05, 3.63) is 72.6 Å². The number of nitrogens with one attached hydrogen (secondary N) is 1. The molecule has 0 aliphatic carbocycles. The Labute approximate surface area is 161 Å². The zero-order valence-electron chi connectivity index (χ0n) is 15.1. The average molecular weight is 377 g/mol. The summed E-state index contributed by atoms with van der Waals surface area (Å²) in [5.41, 5.74) is 0.236. The van der Waals surface area contributed by atoms with Crippen LogP contribution in [0, 0.1) is 0 Å². The number of fused-ring (bicyclic) bond motifs is 1. The molecule has 8 nitrogen and oxygen atoms in total. The van der Waals surface area contributed by atoms with Gasteiger partial charge in [-0.25, -0.2) is 0 Å². The van der Waals surface area contributed by atoms with Gasteiger partial charge in [0, 0.05) is 54.7 Å². The Hall–Kier alpha value is -3.68. The molecular formula is C20H19N5O3. The summed E-state index contributed by atoms with van der Waals surface area (Å²) in [5, 5.41) is 12.7. The van der Waals surface area contributed by atoms with Gasteiger partial charge in [0.15, 0.2) is 11.5 Å². The van der Waals surface area contributed by atoms with Crippen molar-refractivity contribution >= 4 is 16.7 Å². The van der Waals surface area contributed by atoms with Crippen LogP contribution in [0.3, 0.4) is 0 Å². The van der Waals surface area contributed by atoms with Gasteiger partial charge < -0.3 is 14.6 Å². The van der Waals surface area contributed by atoms with Gasteiger partial charge in [0.05, 0.1) is 0 Å². The predicted octanol–water partition coefficient (Wildman–Crippen LogP) is 2.82. The molecular weight excluding hydrogens is 358 g/mol. The summed E-state index contributed by atoms with van der Waals surface area (Å²) in [6.45, 7) is 1.45. The fourth-order valence-electron chi connectivity index (χ4n) is 2.82. The molecule has 0 saturated carbocycles. The molecule has 3 aromatic heterocycles. The van der Waals surface area contributed by atoms with E-state index in [2.05, 4.69) is 20.6 Å². The van der Waals surface area contributed by atoms with E-state index < -0.39 is 0 Å². The van der Waals surface area contributed by atoms with E-state index in [1.807, 2.05) is 41.2 Å². The highest BCUT2D eigenvalue weighted by Gasteiger charge is 2.13. The Morgan fingerprint density at radius 3 is 3.07 bits per heavy atom. The quantitative estimate of drug-likeness (QED) is 0.475. The number of aromatic nitrogens is 4. The first-order chi connectivity index (χ1) is 13.8. The molecule has 8 heteroatoms. The van der Waals surface area contributed by atoms with Gasteiger partial charge in [-0.2, -0.15) is 5.10 Å². The van der Waals surface area contributed by atoms with E-state index >= 15 is 0 Å². The lowest BCUT2D eigenvalue weighted by molar-refractivity contribution is 0.0943. The van der Waals surface area contributed by atoms with Crippen LogP contribution < -0.4 is 10.1 Å². The molecule has 1 aromatic carbocycles. The molecule has 4 aromatic rings. The first kappa shape index (κ1) is 17.7. The number of benzene rings is 1. The molecule has 1 amide bonds. The number of rotatable bonds is 8. The Morgan fingerprint density at radius 2 is 2.18 bits per heavy atom. The van der Waals surface area contributed by atoms with Crippen molar-refractivity contribution in [2.45, 2.75) is 19.6 Å². The van der Waals surface area contributed by atoms with Gasteiger partial charge in [-0.05, 0) is 24.6 Å². The van der Waals surface area contributed by atoms with E-state index in [0.717, 1.165) is 29.5 Å². The molecule has 1 N–H and O–H groups in total. The standard InChI is InChI=1S/C20H19N5O3/c26-20(22-7-2-10-25-11-3-8-23-25)18-12-16(28-24-18)14-27-19-5-1-4-15-13-21-9-6-17(15)19/h1,3-6,8-9,11-13H,2,7,10,14H2,(H,22,26). The van der Waals surface area contributed by atoms with Gasteiger partial charge in [-0.1, -0.05) is 17.3 Å². The Morgan fingerprint density at radius 1 is 1.21 bits per heavy atom. The van der Waals surface area contributed by atoms with Crippen molar-refractivity contribution in [2.75, 3.05) is 6.54 Å². The Kier molecular flexibility index (Phi) is 5.28. The summed E-state index contributed by atoms with van der Waals surface area (Å²) in [6.07, 6.45) is 7.89. The van der Waals surface area contributed by atoms with E-state index in [1.165, 1.54) is 0 Å². The van der Waals surface area contributed by atoms with Gasteiger partial charge in [-0.15, -0.1) is 0 Å². The number of hydrogen-bond acceptors (Lipinski definition) is 6. The average Bonchev–Trinajstić information content (AvgIpc) is 3.41. The van der Waals surface area contributed by atoms with Gasteiger partial charge in [0.2, 0.25) is 0 Å². The van der Waals surface area contributed by atoms with Crippen molar-refractivity contribution in [1.82, 2.24) is 25.2 Å². The molecule has 0 spiro atoms. The van der Waals surface area contributed by atoms with Crippen molar-refractivity contribution in [3.63, 3.8) is 0 Å². The summed E-state index contributed by atoms with van der Waals surface area (Å²) in [6, 6.07) is 11.1. The lowest BCUT2D eigenvalue weighted by Gasteiger charge is -2.07. The molecule has 0 unspecified atom stereocenters. The third-order valence-electron chi connectivity index (χ3n) is 4.21. The van der Waals surface area contributed by atoms with Crippen LogP contribution in [-0.4, -0.2) is 32.4 Å². The molecule has 0 atom stereocenters. The highest BCUT2D eigenvalue weighted by molar-refractivity contribution is 5.92. The van der Waals surface area contributed by atoms with Gasteiger partial charge >= 0.3 is 0 Å². The number of nitrogens with zero attached hydrogens (tertiary/aromatic N) is 4. The minimum Gasteiger partial charge on any atom is -0.485 e. The van der Waals surface area contributed by atoms with Crippen LogP contribution in [-0.2, 0) is 13.2 Å². The lowest BCUT2D eigenvalue weighted by Crippen LogP contribution is -2.25. The van der Waals surface area contributed by atoms with E-state index in [0.29, 0.717) is 12.3 Å². The highest BCUT2D eigenvalue weighted by Crippen LogP contribution is 2.25. The summed E-state index contributed by atoms with van der Waals surface area (Å²) in [7, 11) is 0. The SMILES string of the molecule is O=C(NCCCn1cccn1)c1cc(COc2cccc3cnccc23)on1. The normalized spacial score (nSPS) is 10.9. The van der Waals surface area contributed by atoms with Crippen LogP contribution in [0.15, 0.2) is 65.7 Å². The number of hydrogen-bond donors (Lipinski definition) is 1. The fraction of sp³-hybridized carbons (Fsp3) is 0.200. The second-order valence-corrected chi connectivity index (χ2v) is 6.20. The summed E-state index contributed by atoms with van der Waals surface area (Å²) in [5.74, 6) is 0.931. The Balaban J connectivity index is 1.29. The van der Waals surface area contributed by atoms with Crippen LogP contribution in [0.1, 0.15) is 22.7 Å². The van der Waals surface area contributed by atoms with Crippen LogP contribution >= 0.6 is 0 Å². The number of carbonyl (C=O) groups excluding carboxylic acids is 1. The lowest BCUT2D eigenvalue weighted by atomic mass is 10.1. The van der Waals surface area contributed by atoms with Crippen LogP contribution in [0.5, 0.6) is 5.75 Å². The molecule has 3 heterocycles. The minimum atomic E-state index is -0.272. The molecule has 0 radical (unpaired) electrons. The van der Waals surface area contributed by atoms with Crippen molar-refractivity contribution in [2.24, 2.45) is 0 Å². The zero-order chi connectivity index (χ0) is 19.2. The van der Waals surface area contributed by atoms with Crippen LogP contribution in [0.25, 0.3) is 10.8 Å². The second kappa shape index (κ2) is 8.34. The molecule has 142 valence electrons. The van der Waals surface area contributed by atoms with E-state index in [4.69, 9.17) is 9.26 Å². The van der Waals surface area contributed by atoms with Crippen molar-refractivity contribution in [3.8, 4) is 5.75 Å². The van der Waals surface area contributed by atoms with E-state index in [9.17, 15) is 4.79 Å². The topological polar surface area (TPSA) is 95.1 Å². The maximum atomic E-state index is 12.2. The molecule has 0 aliphatic heterocycles. The number of amides is 1. The molecule has 0 bridgehead atoms. The fourth-order valence-corrected chi connectivity index (χ4v) is 2.82. The highest BCUT2D eigenvalue weighted by atomic mass is 16.5. The second-order valence-electron chi connectivity index (χ2n) is 6.20. The molecule has 0 saturated heterocycles. The summed E-state index contributed by atoms with van der Waals surface area (Å²) in [4.78, 5) is 16.3. The van der Waals surface area contributed by atoms with E-state index in [-0.39, 0.29) is 18.2 Å². The van der Waals surface area contributed by atoms with Gasteiger partial charge in [0.25, 0.3) is 5.91 Å². The van der Waals surface area contributed by atoms with Crippen LogP contribution in [0.2, 0.25) is 0 Å². The molecule has 4 rings (SSSR count). The number of carbonyl (C=O) groups is 1. The predicted molar refractivity (Wildman–Crippen MR) is 102 cm³/mol.